The average molecular weight is 315 g/mol. The van der Waals surface area contributed by atoms with Crippen molar-refractivity contribution in [1.82, 2.24) is 15.1 Å². The van der Waals surface area contributed by atoms with Crippen molar-refractivity contribution in [3.05, 3.63) is 51.2 Å². The molecule has 0 aliphatic carbocycles. The second kappa shape index (κ2) is 5.21. The lowest BCUT2D eigenvalue weighted by molar-refractivity contribution is 0.606. The predicted octanol–water partition coefficient (Wildman–Crippen LogP) is 3.14. The van der Waals surface area contributed by atoms with Crippen LogP contribution < -0.4 is 5.32 Å². The zero-order valence-electron chi connectivity index (χ0n) is 9.61. The van der Waals surface area contributed by atoms with Gasteiger partial charge in [-0.05, 0) is 46.7 Å². The van der Waals surface area contributed by atoms with Crippen molar-refractivity contribution >= 4 is 27.5 Å². The number of aromatic nitrogens is 2. The van der Waals surface area contributed by atoms with Gasteiger partial charge in [-0.1, -0.05) is 17.7 Å². The molecule has 1 unspecified atom stereocenters. The summed E-state index contributed by atoms with van der Waals surface area (Å²) in [5.41, 5.74) is 2.22. The van der Waals surface area contributed by atoms with E-state index < -0.39 is 0 Å². The quantitative estimate of drug-likeness (QED) is 0.943. The first-order valence-electron chi connectivity index (χ1n) is 5.23. The lowest BCUT2D eigenvalue weighted by Crippen LogP contribution is -2.20. The minimum Gasteiger partial charge on any atom is -0.308 e. The summed E-state index contributed by atoms with van der Waals surface area (Å²) in [4.78, 5) is 0. The summed E-state index contributed by atoms with van der Waals surface area (Å²) in [5.74, 6) is 0. The zero-order valence-corrected chi connectivity index (χ0v) is 12.0. The molecule has 0 amide bonds. The molecule has 17 heavy (non-hydrogen) atoms. The van der Waals surface area contributed by atoms with Crippen molar-refractivity contribution in [3.63, 3.8) is 0 Å². The highest BCUT2D eigenvalue weighted by molar-refractivity contribution is 9.10. The Labute approximate surface area is 114 Å². The van der Waals surface area contributed by atoms with Crippen molar-refractivity contribution < 1.29 is 0 Å². The van der Waals surface area contributed by atoms with Crippen LogP contribution in [0.25, 0.3) is 0 Å². The molecule has 1 aromatic carbocycles. The van der Waals surface area contributed by atoms with E-state index in [-0.39, 0.29) is 6.04 Å². The second-order valence-electron chi connectivity index (χ2n) is 3.77. The molecule has 1 aromatic heterocycles. The van der Waals surface area contributed by atoms with E-state index in [1.54, 1.807) is 6.20 Å². The van der Waals surface area contributed by atoms with Gasteiger partial charge in [-0.3, -0.25) is 4.68 Å². The van der Waals surface area contributed by atoms with Crippen LogP contribution in [0.15, 0.2) is 34.9 Å². The second-order valence-corrected chi connectivity index (χ2v) is 5.04. The number of benzene rings is 1. The molecule has 0 saturated carbocycles. The molecular formula is C12H13BrClN3. The van der Waals surface area contributed by atoms with Gasteiger partial charge in [-0.2, -0.15) is 5.10 Å². The van der Waals surface area contributed by atoms with E-state index in [2.05, 4.69) is 26.3 Å². The van der Waals surface area contributed by atoms with Gasteiger partial charge in [0.15, 0.2) is 0 Å². The lowest BCUT2D eigenvalue weighted by atomic mass is 10.0. The van der Waals surface area contributed by atoms with Crippen molar-refractivity contribution in [3.8, 4) is 0 Å². The standard InChI is InChI=1S/C12H13BrClN3/c1-15-12(11-5-6-16-17(11)2)8-3-4-9(13)10(14)7-8/h3-7,12,15H,1-2H3. The van der Waals surface area contributed by atoms with Crippen molar-refractivity contribution in [2.24, 2.45) is 7.05 Å². The number of nitrogens with one attached hydrogen (secondary N) is 1. The first-order valence-corrected chi connectivity index (χ1v) is 6.40. The molecule has 0 bridgehead atoms. The highest BCUT2D eigenvalue weighted by Crippen LogP contribution is 2.28. The van der Waals surface area contributed by atoms with Gasteiger partial charge in [0.2, 0.25) is 0 Å². The highest BCUT2D eigenvalue weighted by atomic mass is 79.9. The molecule has 0 spiro atoms. The van der Waals surface area contributed by atoms with E-state index in [4.69, 9.17) is 11.6 Å². The van der Waals surface area contributed by atoms with Gasteiger partial charge in [0.25, 0.3) is 0 Å². The van der Waals surface area contributed by atoms with Crippen molar-refractivity contribution in [2.45, 2.75) is 6.04 Å². The monoisotopic (exact) mass is 313 g/mol. The molecule has 0 saturated heterocycles. The van der Waals surface area contributed by atoms with Crippen LogP contribution in [0.2, 0.25) is 5.02 Å². The molecule has 2 aromatic rings. The predicted molar refractivity (Wildman–Crippen MR) is 73.3 cm³/mol. The molecule has 1 N–H and O–H groups in total. The van der Waals surface area contributed by atoms with Gasteiger partial charge in [-0.15, -0.1) is 0 Å². The third-order valence-electron chi connectivity index (χ3n) is 2.72. The van der Waals surface area contributed by atoms with E-state index in [0.29, 0.717) is 5.02 Å². The molecule has 0 aliphatic rings. The summed E-state index contributed by atoms with van der Waals surface area (Å²) in [5, 5.41) is 8.17. The highest BCUT2D eigenvalue weighted by Gasteiger charge is 2.15. The van der Waals surface area contributed by atoms with Gasteiger partial charge >= 0.3 is 0 Å². The van der Waals surface area contributed by atoms with Crippen LogP contribution >= 0.6 is 27.5 Å². The van der Waals surface area contributed by atoms with E-state index >= 15 is 0 Å². The summed E-state index contributed by atoms with van der Waals surface area (Å²) in [7, 11) is 3.85. The van der Waals surface area contributed by atoms with Crippen molar-refractivity contribution in [1.29, 1.82) is 0 Å². The van der Waals surface area contributed by atoms with Gasteiger partial charge in [0, 0.05) is 17.7 Å². The van der Waals surface area contributed by atoms with Crippen LogP contribution in [0.4, 0.5) is 0 Å². The first kappa shape index (κ1) is 12.6. The van der Waals surface area contributed by atoms with Gasteiger partial charge in [-0.25, -0.2) is 0 Å². The maximum absolute atomic E-state index is 6.12. The Kier molecular flexibility index (Phi) is 3.86. The molecule has 0 radical (unpaired) electrons. The maximum Gasteiger partial charge on any atom is 0.0746 e. The smallest absolute Gasteiger partial charge is 0.0746 e. The van der Waals surface area contributed by atoms with Crippen LogP contribution in [0.5, 0.6) is 0 Å². The molecule has 1 atom stereocenters. The number of hydrogen-bond acceptors (Lipinski definition) is 2. The Morgan fingerprint density at radius 3 is 2.71 bits per heavy atom. The number of aryl methyl sites for hydroxylation is 1. The Hall–Kier alpha value is -0.840. The largest absolute Gasteiger partial charge is 0.308 e. The summed E-state index contributed by atoms with van der Waals surface area (Å²) in [6.07, 6.45) is 1.79. The molecular weight excluding hydrogens is 302 g/mol. The Morgan fingerprint density at radius 2 is 2.18 bits per heavy atom. The number of nitrogens with zero attached hydrogens (tertiary/aromatic N) is 2. The Balaban J connectivity index is 2.42. The fourth-order valence-electron chi connectivity index (χ4n) is 1.84. The molecule has 5 heteroatoms. The van der Waals surface area contributed by atoms with Crippen LogP contribution in [0, 0.1) is 0 Å². The maximum atomic E-state index is 6.12. The molecule has 0 fully saturated rings. The van der Waals surface area contributed by atoms with E-state index in [1.165, 1.54) is 0 Å². The minimum absolute atomic E-state index is 0.0908. The summed E-state index contributed by atoms with van der Waals surface area (Å²) in [6.45, 7) is 0. The molecule has 2 rings (SSSR count). The minimum atomic E-state index is 0.0908. The third-order valence-corrected chi connectivity index (χ3v) is 3.95. The molecule has 1 heterocycles. The molecule has 0 aliphatic heterocycles. The summed E-state index contributed by atoms with van der Waals surface area (Å²) in [6, 6.07) is 8.05. The lowest BCUT2D eigenvalue weighted by Gasteiger charge is -2.17. The average Bonchev–Trinajstić information content (AvgIpc) is 2.71. The fraction of sp³-hybridized carbons (Fsp3) is 0.250. The van der Waals surface area contributed by atoms with Gasteiger partial charge < -0.3 is 5.32 Å². The topological polar surface area (TPSA) is 29.9 Å². The number of hydrogen-bond donors (Lipinski definition) is 1. The number of halogens is 2. The fourth-order valence-corrected chi connectivity index (χ4v) is 2.28. The Bertz CT molecular complexity index is 524. The molecule has 90 valence electrons. The van der Waals surface area contributed by atoms with Gasteiger partial charge in [0.1, 0.15) is 0 Å². The zero-order chi connectivity index (χ0) is 12.4. The van der Waals surface area contributed by atoms with Crippen LogP contribution in [-0.4, -0.2) is 16.8 Å². The SMILES string of the molecule is CNC(c1ccc(Br)c(Cl)c1)c1ccnn1C. The summed E-state index contributed by atoms with van der Waals surface area (Å²) < 4.78 is 2.76. The van der Waals surface area contributed by atoms with E-state index in [9.17, 15) is 0 Å². The van der Waals surface area contributed by atoms with Crippen LogP contribution in [0.1, 0.15) is 17.3 Å². The number of rotatable bonds is 3. The van der Waals surface area contributed by atoms with Gasteiger partial charge in [0.05, 0.1) is 16.8 Å². The van der Waals surface area contributed by atoms with Crippen LogP contribution in [0.3, 0.4) is 0 Å². The van der Waals surface area contributed by atoms with E-state index in [0.717, 1.165) is 15.7 Å². The summed E-state index contributed by atoms with van der Waals surface area (Å²) >= 11 is 9.51. The molecule has 3 nitrogen and oxygen atoms in total. The first-order chi connectivity index (χ1) is 8.13. The van der Waals surface area contributed by atoms with E-state index in [1.807, 2.05) is 43.0 Å². The van der Waals surface area contributed by atoms with Crippen molar-refractivity contribution in [2.75, 3.05) is 7.05 Å². The normalized spacial score (nSPS) is 12.7. The third kappa shape index (κ3) is 2.54. The Morgan fingerprint density at radius 1 is 1.41 bits per heavy atom. The van der Waals surface area contributed by atoms with Crippen LogP contribution in [-0.2, 0) is 7.05 Å².